The lowest BCUT2D eigenvalue weighted by atomic mass is 10.1. The Hall–Kier alpha value is -1.79. The van der Waals surface area contributed by atoms with Crippen LogP contribution in [0.4, 0.5) is 5.69 Å². The van der Waals surface area contributed by atoms with Crippen molar-refractivity contribution in [3.05, 3.63) is 30.3 Å². The van der Waals surface area contributed by atoms with Gasteiger partial charge in [-0.15, -0.1) is 0 Å². The van der Waals surface area contributed by atoms with Gasteiger partial charge in [-0.1, -0.05) is 6.07 Å². The molecule has 0 bridgehead atoms. The molecule has 2 rings (SSSR count). The molecule has 0 aliphatic heterocycles. The number of fused-ring (bicyclic) bond motifs is 1. The zero-order chi connectivity index (χ0) is 12.6. The summed E-state index contributed by atoms with van der Waals surface area (Å²) >= 11 is 0. The first-order chi connectivity index (χ1) is 7.94. The normalized spacial score (nSPS) is 11.8. The summed E-state index contributed by atoms with van der Waals surface area (Å²) in [7, 11) is -2.24. The van der Waals surface area contributed by atoms with Crippen LogP contribution in [0.5, 0.6) is 5.75 Å². The number of anilines is 1. The van der Waals surface area contributed by atoms with Gasteiger partial charge in [0.1, 0.15) is 5.75 Å². The van der Waals surface area contributed by atoms with Crippen LogP contribution < -0.4 is 10.5 Å². The maximum Gasteiger partial charge on any atom is 0.240 e. The molecule has 0 atom stereocenters. The first-order valence-corrected chi connectivity index (χ1v) is 6.38. The second-order valence-electron chi connectivity index (χ2n) is 3.63. The second-order valence-corrected chi connectivity index (χ2v) is 5.52. The van der Waals surface area contributed by atoms with E-state index in [1.807, 2.05) is 0 Å². The third kappa shape index (κ3) is 2.04. The van der Waals surface area contributed by atoms with Gasteiger partial charge in [0.2, 0.25) is 10.0 Å². The highest BCUT2D eigenvalue weighted by molar-refractivity contribution is 7.89. The first-order valence-electron chi connectivity index (χ1n) is 4.90. The number of hydrogen-bond donors (Lipinski definition) is 3. The topological polar surface area (TPSA) is 92.4 Å². The van der Waals surface area contributed by atoms with Crippen LogP contribution in [0.25, 0.3) is 10.8 Å². The maximum atomic E-state index is 11.6. The molecule has 0 spiro atoms. The number of phenolic OH excluding ortho intramolecular Hbond substituents is 1. The number of aromatic hydroxyl groups is 1. The van der Waals surface area contributed by atoms with Crippen molar-refractivity contribution in [3.8, 4) is 5.75 Å². The van der Waals surface area contributed by atoms with Crippen molar-refractivity contribution >= 4 is 26.5 Å². The molecule has 0 amide bonds. The van der Waals surface area contributed by atoms with Crippen LogP contribution in [-0.4, -0.2) is 20.6 Å². The van der Waals surface area contributed by atoms with Crippen molar-refractivity contribution in [2.24, 2.45) is 0 Å². The third-order valence-corrected chi connectivity index (χ3v) is 3.90. The Morgan fingerprint density at radius 2 is 1.94 bits per heavy atom. The lowest BCUT2D eigenvalue weighted by molar-refractivity contribution is 0.479. The minimum Gasteiger partial charge on any atom is -0.507 e. The number of nitrogens with one attached hydrogen (secondary N) is 1. The van der Waals surface area contributed by atoms with E-state index in [1.165, 1.54) is 19.2 Å². The van der Waals surface area contributed by atoms with E-state index >= 15 is 0 Å². The molecule has 2 aromatic rings. The van der Waals surface area contributed by atoms with Crippen LogP contribution in [0.1, 0.15) is 0 Å². The molecule has 0 heterocycles. The number of sulfonamides is 1. The summed E-state index contributed by atoms with van der Waals surface area (Å²) in [5.74, 6) is -0.108. The van der Waals surface area contributed by atoms with E-state index in [9.17, 15) is 13.5 Å². The van der Waals surface area contributed by atoms with Gasteiger partial charge in [0.15, 0.2) is 0 Å². The van der Waals surface area contributed by atoms with Gasteiger partial charge in [-0.2, -0.15) is 0 Å². The van der Waals surface area contributed by atoms with Gasteiger partial charge in [0, 0.05) is 17.1 Å². The molecular formula is C11H12N2O3S. The molecule has 0 aliphatic carbocycles. The summed E-state index contributed by atoms with van der Waals surface area (Å²) in [5, 5.41) is 10.9. The van der Waals surface area contributed by atoms with Gasteiger partial charge in [-0.05, 0) is 30.6 Å². The molecule has 2 aromatic carbocycles. The Morgan fingerprint density at radius 3 is 2.59 bits per heavy atom. The minimum atomic E-state index is -3.56. The third-order valence-electron chi connectivity index (χ3n) is 2.51. The fraction of sp³-hybridized carbons (Fsp3) is 0.0909. The zero-order valence-electron chi connectivity index (χ0n) is 9.14. The molecule has 0 saturated carbocycles. The molecular weight excluding hydrogens is 240 g/mol. The van der Waals surface area contributed by atoms with Gasteiger partial charge in [-0.3, -0.25) is 0 Å². The van der Waals surface area contributed by atoms with Gasteiger partial charge in [-0.25, -0.2) is 13.1 Å². The number of benzene rings is 2. The van der Waals surface area contributed by atoms with Gasteiger partial charge < -0.3 is 10.8 Å². The fourth-order valence-electron chi connectivity index (χ4n) is 1.60. The highest BCUT2D eigenvalue weighted by Crippen LogP contribution is 2.29. The second kappa shape index (κ2) is 3.90. The van der Waals surface area contributed by atoms with Crippen molar-refractivity contribution in [1.29, 1.82) is 0 Å². The predicted molar refractivity (Wildman–Crippen MR) is 66.3 cm³/mol. The largest absolute Gasteiger partial charge is 0.507 e. The van der Waals surface area contributed by atoms with E-state index in [0.717, 1.165) is 0 Å². The van der Waals surface area contributed by atoms with E-state index in [4.69, 9.17) is 5.73 Å². The van der Waals surface area contributed by atoms with Crippen molar-refractivity contribution in [2.75, 3.05) is 12.8 Å². The predicted octanol–water partition coefficient (Wildman–Crippen LogP) is 1.04. The molecule has 6 heteroatoms. The van der Waals surface area contributed by atoms with E-state index in [2.05, 4.69) is 4.72 Å². The summed E-state index contributed by atoms with van der Waals surface area (Å²) in [5.41, 5.74) is 6.11. The molecule has 17 heavy (non-hydrogen) atoms. The summed E-state index contributed by atoms with van der Waals surface area (Å²) < 4.78 is 25.4. The Bertz CT molecular complexity index is 680. The summed E-state index contributed by atoms with van der Waals surface area (Å²) in [6.07, 6.45) is 0. The average molecular weight is 252 g/mol. The molecule has 4 N–H and O–H groups in total. The van der Waals surface area contributed by atoms with Crippen molar-refractivity contribution < 1.29 is 13.5 Å². The van der Waals surface area contributed by atoms with Crippen LogP contribution in [0.3, 0.4) is 0 Å². The SMILES string of the molecule is CNS(=O)(=O)c1cc(O)c2cc(N)ccc2c1. The summed E-state index contributed by atoms with van der Waals surface area (Å²) in [4.78, 5) is 0.0229. The lowest BCUT2D eigenvalue weighted by Gasteiger charge is -2.07. The molecule has 0 fully saturated rings. The molecule has 0 saturated heterocycles. The first kappa shape index (κ1) is 11.7. The van der Waals surface area contributed by atoms with E-state index in [0.29, 0.717) is 16.5 Å². The quantitative estimate of drug-likeness (QED) is 0.696. The zero-order valence-corrected chi connectivity index (χ0v) is 9.95. The van der Waals surface area contributed by atoms with Crippen LogP contribution in [0.15, 0.2) is 35.2 Å². The van der Waals surface area contributed by atoms with Gasteiger partial charge >= 0.3 is 0 Å². The van der Waals surface area contributed by atoms with Crippen LogP contribution in [0.2, 0.25) is 0 Å². The standard InChI is InChI=1S/C11H12N2O3S/c1-13-17(15,16)9-4-7-2-3-8(12)5-10(7)11(14)6-9/h2-6,13-14H,12H2,1H3. The number of phenols is 1. The Labute approximate surface area is 98.9 Å². The average Bonchev–Trinajstić information content (AvgIpc) is 2.29. The Kier molecular flexibility index (Phi) is 2.68. The molecule has 90 valence electrons. The Balaban J connectivity index is 2.77. The summed E-state index contributed by atoms with van der Waals surface area (Å²) in [6, 6.07) is 7.60. The molecule has 0 unspecified atom stereocenters. The van der Waals surface area contributed by atoms with E-state index in [1.54, 1.807) is 18.2 Å². The van der Waals surface area contributed by atoms with Gasteiger partial charge in [0.25, 0.3) is 0 Å². The number of nitrogen functional groups attached to an aromatic ring is 1. The van der Waals surface area contributed by atoms with Crippen molar-refractivity contribution in [3.63, 3.8) is 0 Å². The molecule has 0 aromatic heterocycles. The lowest BCUT2D eigenvalue weighted by Crippen LogP contribution is -2.18. The van der Waals surface area contributed by atoms with Crippen LogP contribution >= 0.6 is 0 Å². The number of hydrogen-bond acceptors (Lipinski definition) is 4. The molecule has 0 radical (unpaired) electrons. The monoisotopic (exact) mass is 252 g/mol. The van der Waals surface area contributed by atoms with E-state index in [-0.39, 0.29) is 10.6 Å². The molecule has 5 nitrogen and oxygen atoms in total. The maximum absolute atomic E-state index is 11.6. The van der Waals surface area contributed by atoms with Crippen LogP contribution in [0, 0.1) is 0 Å². The highest BCUT2D eigenvalue weighted by atomic mass is 32.2. The summed E-state index contributed by atoms with van der Waals surface area (Å²) in [6.45, 7) is 0. The highest BCUT2D eigenvalue weighted by Gasteiger charge is 2.14. The van der Waals surface area contributed by atoms with Crippen molar-refractivity contribution in [2.45, 2.75) is 4.90 Å². The van der Waals surface area contributed by atoms with Gasteiger partial charge in [0.05, 0.1) is 4.90 Å². The fourth-order valence-corrected chi connectivity index (χ4v) is 2.39. The molecule has 0 aliphatic rings. The van der Waals surface area contributed by atoms with E-state index < -0.39 is 10.0 Å². The Morgan fingerprint density at radius 1 is 1.24 bits per heavy atom. The van der Waals surface area contributed by atoms with Crippen molar-refractivity contribution in [1.82, 2.24) is 4.72 Å². The van der Waals surface area contributed by atoms with Crippen LogP contribution in [-0.2, 0) is 10.0 Å². The number of nitrogens with two attached hydrogens (primary N) is 1. The minimum absolute atomic E-state index is 0.0229. The smallest absolute Gasteiger partial charge is 0.240 e. The number of rotatable bonds is 2.